The van der Waals surface area contributed by atoms with E-state index >= 15 is 0 Å². The van der Waals surface area contributed by atoms with Crippen molar-refractivity contribution in [3.63, 3.8) is 0 Å². The van der Waals surface area contributed by atoms with Crippen LogP contribution in [-0.4, -0.2) is 37.1 Å². The molecule has 8 heteroatoms. The smallest absolute Gasteiger partial charge is 0.319 e. The molecule has 3 amide bonds. The number of benzene rings is 2. The van der Waals surface area contributed by atoms with Gasteiger partial charge in [-0.1, -0.05) is 12.1 Å². The molecule has 2 N–H and O–H groups in total. The topological polar surface area (TPSA) is 83.6 Å². The number of methoxy groups -OCH3 is 1. The Labute approximate surface area is 172 Å². The zero-order chi connectivity index (χ0) is 20.2. The molecule has 1 aliphatic heterocycles. The number of ether oxygens (including phenoxy) is 1. The van der Waals surface area contributed by atoms with Gasteiger partial charge in [-0.2, -0.15) is 0 Å². The van der Waals surface area contributed by atoms with Gasteiger partial charge in [0.25, 0.3) is 0 Å². The number of nitrogens with one attached hydrogen (secondary N) is 2. The van der Waals surface area contributed by atoms with Crippen molar-refractivity contribution in [3.05, 3.63) is 47.5 Å². The van der Waals surface area contributed by atoms with E-state index in [-0.39, 0.29) is 11.9 Å². The number of rotatable bonds is 6. The number of hydrogen-bond donors (Lipinski definition) is 2. The van der Waals surface area contributed by atoms with E-state index in [9.17, 15) is 9.59 Å². The molecule has 0 spiro atoms. The monoisotopic (exact) mass is 410 g/mol. The van der Waals surface area contributed by atoms with Gasteiger partial charge in [-0.3, -0.25) is 4.79 Å². The number of thiazole rings is 1. The first-order valence-corrected chi connectivity index (χ1v) is 10.3. The Morgan fingerprint density at radius 3 is 2.90 bits per heavy atom. The quantitative estimate of drug-likeness (QED) is 0.648. The van der Waals surface area contributed by atoms with Crippen molar-refractivity contribution in [1.29, 1.82) is 0 Å². The summed E-state index contributed by atoms with van der Waals surface area (Å²) in [6, 6.07) is 13.0. The standard InChI is InChI=1S/C21H22N4O3S/c1-28-17-13-14(8-9-16(17)25-12-4-7-20(25)26)23-21(27)22-11-10-19-24-15-5-2-3-6-18(15)29-19/h2-3,5-6,8-9,13H,4,7,10-12H2,1H3,(H2,22,23,27). The fraction of sp³-hybridized carbons (Fsp3) is 0.286. The van der Waals surface area contributed by atoms with Crippen LogP contribution in [-0.2, 0) is 11.2 Å². The van der Waals surface area contributed by atoms with E-state index in [1.165, 1.54) is 0 Å². The van der Waals surface area contributed by atoms with Gasteiger partial charge in [0, 0.05) is 37.7 Å². The van der Waals surface area contributed by atoms with Gasteiger partial charge >= 0.3 is 6.03 Å². The molecule has 1 fully saturated rings. The number of fused-ring (bicyclic) bond motifs is 1. The Hall–Kier alpha value is -3.13. The van der Waals surface area contributed by atoms with Gasteiger partial charge in [0.1, 0.15) is 5.75 Å². The lowest BCUT2D eigenvalue weighted by atomic mass is 10.2. The van der Waals surface area contributed by atoms with Crippen LogP contribution in [0.15, 0.2) is 42.5 Å². The van der Waals surface area contributed by atoms with Crippen LogP contribution in [0.1, 0.15) is 17.8 Å². The van der Waals surface area contributed by atoms with Gasteiger partial charge in [-0.05, 0) is 30.7 Å². The number of carbonyl (C=O) groups excluding carboxylic acids is 2. The second-order valence-corrected chi connectivity index (χ2v) is 7.86. The number of nitrogens with zero attached hydrogens (tertiary/aromatic N) is 2. The van der Waals surface area contributed by atoms with Gasteiger partial charge in [0.15, 0.2) is 0 Å². The van der Waals surface area contributed by atoms with E-state index in [0.717, 1.165) is 27.3 Å². The van der Waals surface area contributed by atoms with Crippen molar-refractivity contribution in [1.82, 2.24) is 10.3 Å². The molecule has 29 heavy (non-hydrogen) atoms. The Morgan fingerprint density at radius 1 is 1.28 bits per heavy atom. The Kier molecular flexibility index (Phi) is 5.62. The first-order chi connectivity index (χ1) is 14.1. The molecule has 150 valence electrons. The summed E-state index contributed by atoms with van der Waals surface area (Å²) in [6.07, 6.45) is 2.07. The van der Waals surface area contributed by atoms with Crippen molar-refractivity contribution >= 4 is 44.9 Å². The predicted molar refractivity (Wildman–Crippen MR) is 115 cm³/mol. The molecular weight excluding hydrogens is 388 g/mol. The number of amides is 3. The molecule has 0 aliphatic carbocycles. The molecule has 0 saturated carbocycles. The van der Waals surface area contributed by atoms with Crippen LogP contribution in [0, 0.1) is 0 Å². The molecule has 2 heterocycles. The molecule has 7 nitrogen and oxygen atoms in total. The number of anilines is 2. The maximum Gasteiger partial charge on any atom is 0.319 e. The van der Waals surface area contributed by atoms with Crippen LogP contribution in [0.3, 0.4) is 0 Å². The van der Waals surface area contributed by atoms with Crippen LogP contribution < -0.4 is 20.3 Å². The fourth-order valence-corrected chi connectivity index (χ4v) is 4.33. The normalized spacial score (nSPS) is 13.7. The molecule has 4 rings (SSSR count). The summed E-state index contributed by atoms with van der Waals surface area (Å²) < 4.78 is 6.57. The summed E-state index contributed by atoms with van der Waals surface area (Å²) in [5.41, 5.74) is 2.33. The molecule has 1 aliphatic rings. The van der Waals surface area contributed by atoms with Gasteiger partial charge in [-0.25, -0.2) is 9.78 Å². The molecule has 0 atom stereocenters. The molecular formula is C21H22N4O3S. The largest absolute Gasteiger partial charge is 0.494 e. The van der Waals surface area contributed by atoms with Gasteiger partial charge < -0.3 is 20.3 Å². The van der Waals surface area contributed by atoms with E-state index in [2.05, 4.69) is 15.6 Å². The average molecular weight is 410 g/mol. The summed E-state index contributed by atoms with van der Waals surface area (Å²) in [6.45, 7) is 1.18. The number of para-hydroxylation sites is 1. The highest BCUT2D eigenvalue weighted by molar-refractivity contribution is 7.18. The van der Waals surface area contributed by atoms with Crippen LogP contribution in [0.2, 0.25) is 0 Å². The molecule has 3 aromatic rings. The summed E-state index contributed by atoms with van der Waals surface area (Å²) in [7, 11) is 1.56. The minimum Gasteiger partial charge on any atom is -0.494 e. The van der Waals surface area contributed by atoms with E-state index < -0.39 is 0 Å². The van der Waals surface area contributed by atoms with Gasteiger partial charge in [-0.15, -0.1) is 11.3 Å². The Balaban J connectivity index is 1.33. The first kappa shape index (κ1) is 19.2. The zero-order valence-corrected chi connectivity index (χ0v) is 16.9. The third-order valence-corrected chi connectivity index (χ3v) is 5.86. The predicted octanol–water partition coefficient (Wildman–Crippen LogP) is 3.80. The molecule has 1 saturated heterocycles. The molecule has 0 bridgehead atoms. The second kappa shape index (κ2) is 8.48. The second-order valence-electron chi connectivity index (χ2n) is 6.74. The molecule has 2 aromatic carbocycles. The van der Waals surface area contributed by atoms with Gasteiger partial charge in [0.05, 0.1) is 28.0 Å². The first-order valence-electron chi connectivity index (χ1n) is 9.52. The maximum atomic E-state index is 12.2. The van der Waals surface area contributed by atoms with E-state index in [0.29, 0.717) is 37.4 Å². The van der Waals surface area contributed by atoms with Crippen molar-refractivity contribution in [2.24, 2.45) is 0 Å². The highest BCUT2D eigenvalue weighted by Crippen LogP contribution is 2.33. The zero-order valence-electron chi connectivity index (χ0n) is 16.1. The van der Waals surface area contributed by atoms with E-state index in [1.54, 1.807) is 41.5 Å². The molecule has 0 radical (unpaired) electrons. The summed E-state index contributed by atoms with van der Waals surface area (Å²) >= 11 is 1.64. The number of urea groups is 1. The lowest BCUT2D eigenvalue weighted by molar-refractivity contribution is -0.117. The summed E-state index contributed by atoms with van der Waals surface area (Å²) in [5, 5.41) is 6.65. The molecule has 0 unspecified atom stereocenters. The lowest BCUT2D eigenvalue weighted by Gasteiger charge is -2.19. The third-order valence-electron chi connectivity index (χ3n) is 4.76. The maximum absolute atomic E-state index is 12.2. The minimum absolute atomic E-state index is 0.0941. The number of hydrogen-bond acceptors (Lipinski definition) is 5. The number of aromatic nitrogens is 1. The van der Waals surface area contributed by atoms with Crippen LogP contribution >= 0.6 is 11.3 Å². The van der Waals surface area contributed by atoms with Crippen LogP contribution in [0.5, 0.6) is 5.75 Å². The Bertz CT molecular complexity index is 1020. The third kappa shape index (κ3) is 4.32. The average Bonchev–Trinajstić information content (AvgIpc) is 3.33. The van der Waals surface area contributed by atoms with Gasteiger partial charge in [0.2, 0.25) is 5.91 Å². The van der Waals surface area contributed by atoms with Crippen LogP contribution in [0.25, 0.3) is 10.2 Å². The fourth-order valence-electron chi connectivity index (χ4n) is 3.37. The van der Waals surface area contributed by atoms with Crippen LogP contribution in [0.4, 0.5) is 16.2 Å². The van der Waals surface area contributed by atoms with E-state index in [1.807, 2.05) is 24.3 Å². The van der Waals surface area contributed by atoms with Crippen molar-refractivity contribution in [2.75, 3.05) is 30.4 Å². The minimum atomic E-state index is -0.293. The SMILES string of the molecule is COc1cc(NC(=O)NCCc2nc3ccccc3s2)ccc1N1CCCC1=O. The van der Waals surface area contributed by atoms with Crippen molar-refractivity contribution in [3.8, 4) is 5.75 Å². The Morgan fingerprint density at radius 2 is 2.14 bits per heavy atom. The summed E-state index contributed by atoms with van der Waals surface area (Å²) in [4.78, 5) is 30.5. The highest BCUT2D eigenvalue weighted by Gasteiger charge is 2.24. The van der Waals surface area contributed by atoms with Crippen molar-refractivity contribution in [2.45, 2.75) is 19.3 Å². The summed E-state index contributed by atoms with van der Waals surface area (Å²) in [5.74, 6) is 0.657. The lowest BCUT2D eigenvalue weighted by Crippen LogP contribution is -2.30. The molecule has 1 aromatic heterocycles. The highest BCUT2D eigenvalue weighted by atomic mass is 32.1. The van der Waals surface area contributed by atoms with E-state index in [4.69, 9.17) is 4.74 Å². The van der Waals surface area contributed by atoms with Crippen molar-refractivity contribution < 1.29 is 14.3 Å². The number of carbonyl (C=O) groups is 2.